The standard InChI is InChI=1S/C18H27NO4/c1-3-5-6-7-13-23-15-11-9-14(10-12-15)17(20)19-16(8-4-2)18(21)22/h9-12,16H,3-8,13H2,1-2H3,(H,19,20)(H,21,22). The zero-order valence-electron chi connectivity index (χ0n) is 14.0. The molecular weight excluding hydrogens is 294 g/mol. The number of carbonyl (C=O) groups is 2. The summed E-state index contributed by atoms with van der Waals surface area (Å²) in [5.41, 5.74) is 0.436. The summed E-state index contributed by atoms with van der Waals surface area (Å²) in [5, 5.41) is 11.6. The average Bonchev–Trinajstić information content (AvgIpc) is 2.54. The Bertz CT molecular complexity index is 484. The van der Waals surface area contributed by atoms with Gasteiger partial charge in [0.05, 0.1) is 6.61 Å². The number of aliphatic carboxylic acids is 1. The molecule has 0 fully saturated rings. The maximum atomic E-state index is 12.1. The van der Waals surface area contributed by atoms with Crippen molar-refractivity contribution in [2.24, 2.45) is 0 Å². The third-order valence-corrected chi connectivity index (χ3v) is 3.56. The highest BCUT2D eigenvalue weighted by Crippen LogP contribution is 2.13. The molecule has 1 atom stereocenters. The number of hydrogen-bond donors (Lipinski definition) is 2. The number of carboxylic acid groups (broad SMARTS) is 1. The summed E-state index contributed by atoms with van der Waals surface area (Å²) in [4.78, 5) is 23.1. The highest BCUT2D eigenvalue weighted by atomic mass is 16.5. The minimum absolute atomic E-state index is 0.375. The molecule has 0 heterocycles. The van der Waals surface area contributed by atoms with E-state index in [1.54, 1.807) is 24.3 Å². The van der Waals surface area contributed by atoms with Crippen LogP contribution in [0.2, 0.25) is 0 Å². The number of ether oxygens (including phenoxy) is 1. The maximum absolute atomic E-state index is 12.1. The molecule has 1 aromatic rings. The summed E-state index contributed by atoms with van der Waals surface area (Å²) in [6.45, 7) is 4.72. The van der Waals surface area contributed by atoms with Gasteiger partial charge in [-0.05, 0) is 37.1 Å². The van der Waals surface area contributed by atoms with E-state index >= 15 is 0 Å². The van der Waals surface area contributed by atoms with Crippen LogP contribution in [0.25, 0.3) is 0 Å². The predicted octanol–water partition coefficient (Wildman–Crippen LogP) is 3.63. The second-order valence-corrected chi connectivity index (χ2v) is 5.59. The van der Waals surface area contributed by atoms with E-state index in [4.69, 9.17) is 9.84 Å². The number of hydrogen-bond acceptors (Lipinski definition) is 3. The number of rotatable bonds is 11. The fraction of sp³-hybridized carbons (Fsp3) is 0.556. The van der Waals surface area contributed by atoms with Gasteiger partial charge in [0.15, 0.2) is 0 Å². The van der Waals surface area contributed by atoms with Crippen molar-refractivity contribution in [1.82, 2.24) is 5.32 Å². The Labute approximate surface area is 138 Å². The molecule has 5 heteroatoms. The lowest BCUT2D eigenvalue weighted by Crippen LogP contribution is -2.40. The van der Waals surface area contributed by atoms with E-state index in [2.05, 4.69) is 12.2 Å². The van der Waals surface area contributed by atoms with E-state index < -0.39 is 12.0 Å². The molecule has 0 aliphatic rings. The van der Waals surface area contributed by atoms with Crippen LogP contribution in [0.4, 0.5) is 0 Å². The van der Waals surface area contributed by atoms with Crippen LogP contribution >= 0.6 is 0 Å². The number of unbranched alkanes of at least 4 members (excludes halogenated alkanes) is 3. The molecule has 1 aromatic carbocycles. The Balaban J connectivity index is 2.48. The molecule has 1 unspecified atom stereocenters. The molecule has 0 aromatic heterocycles. The number of carbonyl (C=O) groups excluding carboxylic acids is 1. The van der Waals surface area contributed by atoms with Crippen LogP contribution in [0.3, 0.4) is 0 Å². The fourth-order valence-corrected chi connectivity index (χ4v) is 2.21. The Kier molecular flexibility index (Phi) is 8.80. The molecule has 0 saturated heterocycles. The summed E-state index contributed by atoms with van der Waals surface area (Å²) < 4.78 is 5.62. The minimum Gasteiger partial charge on any atom is -0.494 e. The summed E-state index contributed by atoms with van der Waals surface area (Å²) in [5.74, 6) is -0.658. The van der Waals surface area contributed by atoms with Gasteiger partial charge < -0.3 is 15.2 Å². The van der Waals surface area contributed by atoms with Crippen LogP contribution in [-0.2, 0) is 4.79 Å². The smallest absolute Gasteiger partial charge is 0.326 e. The lowest BCUT2D eigenvalue weighted by molar-refractivity contribution is -0.139. The monoisotopic (exact) mass is 321 g/mol. The van der Waals surface area contributed by atoms with Crippen LogP contribution < -0.4 is 10.1 Å². The molecule has 0 spiro atoms. The topological polar surface area (TPSA) is 75.6 Å². The van der Waals surface area contributed by atoms with Crippen molar-refractivity contribution in [3.05, 3.63) is 29.8 Å². The zero-order chi connectivity index (χ0) is 17.1. The van der Waals surface area contributed by atoms with Crippen molar-refractivity contribution in [3.63, 3.8) is 0 Å². The third-order valence-electron chi connectivity index (χ3n) is 3.56. The van der Waals surface area contributed by atoms with Gasteiger partial charge in [-0.15, -0.1) is 0 Å². The molecule has 0 bridgehead atoms. The quantitative estimate of drug-likeness (QED) is 0.610. The van der Waals surface area contributed by atoms with E-state index in [-0.39, 0.29) is 5.91 Å². The van der Waals surface area contributed by atoms with Crippen LogP contribution in [0.15, 0.2) is 24.3 Å². The van der Waals surface area contributed by atoms with E-state index in [1.807, 2.05) is 6.92 Å². The average molecular weight is 321 g/mol. The molecule has 0 saturated carbocycles. The Morgan fingerprint density at radius 1 is 1.09 bits per heavy atom. The predicted molar refractivity (Wildman–Crippen MR) is 89.9 cm³/mol. The maximum Gasteiger partial charge on any atom is 0.326 e. The van der Waals surface area contributed by atoms with Crippen molar-refractivity contribution in [3.8, 4) is 5.75 Å². The molecule has 0 aliphatic heterocycles. The van der Waals surface area contributed by atoms with Gasteiger partial charge in [-0.1, -0.05) is 39.5 Å². The summed E-state index contributed by atoms with van der Waals surface area (Å²) in [6, 6.07) is 5.94. The van der Waals surface area contributed by atoms with Gasteiger partial charge in [-0.25, -0.2) is 4.79 Å². The van der Waals surface area contributed by atoms with Gasteiger partial charge in [0, 0.05) is 5.56 Å². The highest BCUT2D eigenvalue weighted by Gasteiger charge is 2.19. The molecule has 23 heavy (non-hydrogen) atoms. The number of carboxylic acids is 1. The van der Waals surface area contributed by atoms with Crippen LogP contribution in [0, 0.1) is 0 Å². The Morgan fingerprint density at radius 3 is 2.35 bits per heavy atom. The summed E-state index contributed by atoms with van der Waals surface area (Å²) >= 11 is 0. The van der Waals surface area contributed by atoms with Crippen molar-refractivity contribution < 1.29 is 19.4 Å². The largest absolute Gasteiger partial charge is 0.494 e. The van der Waals surface area contributed by atoms with Gasteiger partial charge in [-0.3, -0.25) is 4.79 Å². The van der Waals surface area contributed by atoms with E-state index in [0.717, 1.165) is 18.6 Å². The first-order chi connectivity index (χ1) is 11.1. The number of benzene rings is 1. The fourth-order valence-electron chi connectivity index (χ4n) is 2.21. The molecular formula is C18H27NO4. The molecule has 1 amide bonds. The molecule has 5 nitrogen and oxygen atoms in total. The molecule has 0 radical (unpaired) electrons. The van der Waals surface area contributed by atoms with Gasteiger partial charge >= 0.3 is 5.97 Å². The van der Waals surface area contributed by atoms with Crippen LogP contribution in [0.5, 0.6) is 5.75 Å². The van der Waals surface area contributed by atoms with E-state index in [0.29, 0.717) is 25.0 Å². The first-order valence-electron chi connectivity index (χ1n) is 8.35. The van der Waals surface area contributed by atoms with Gasteiger partial charge in [-0.2, -0.15) is 0 Å². The SMILES string of the molecule is CCCCCCOc1ccc(C(=O)NC(CCC)C(=O)O)cc1. The van der Waals surface area contributed by atoms with Gasteiger partial charge in [0.2, 0.25) is 0 Å². The zero-order valence-corrected chi connectivity index (χ0v) is 14.0. The van der Waals surface area contributed by atoms with Gasteiger partial charge in [0.25, 0.3) is 5.91 Å². The summed E-state index contributed by atoms with van der Waals surface area (Å²) in [6.07, 6.45) is 5.70. The summed E-state index contributed by atoms with van der Waals surface area (Å²) in [7, 11) is 0. The molecule has 128 valence electrons. The van der Waals surface area contributed by atoms with Crippen LogP contribution in [0.1, 0.15) is 62.7 Å². The van der Waals surface area contributed by atoms with Crippen molar-refractivity contribution >= 4 is 11.9 Å². The highest BCUT2D eigenvalue weighted by molar-refractivity contribution is 5.96. The third kappa shape index (κ3) is 7.17. The second-order valence-electron chi connectivity index (χ2n) is 5.59. The first kappa shape index (κ1) is 19.0. The Hall–Kier alpha value is -2.04. The van der Waals surface area contributed by atoms with E-state index in [9.17, 15) is 9.59 Å². The lowest BCUT2D eigenvalue weighted by Gasteiger charge is -2.13. The van der Waals surface area contributed by atoms with Crippen molar-refractivity contribution in [2.75, 3.05) is 6.61 Å². The second kappa shape index (κ2) is 10.6. The van der Waals surface area contributed by atoms with Crippen LogP contribution in [-0.4, -0.2) is 29.6 Å². The number of nitrogens with one attached hydrogen (secondary N) is 1. The van der Waals surface area contributed by atoms with E-state index in [1.165, 1.54) is 12.8 Å². The van der Waals surface area contributed by atoms with Gasteiger partial charge in [0.1, 0.15) is 11.8 Å². The Morgan fingerprint density at radius 2 is 1.78 bits per heavy atom. The molecule has 2 N–H and O–H groups in total. The first-order valence-corrected chi connectivity index (χ1v) is 8.35. The molecule has 0 aliphatic carbocycles. The van der Waals surface area contributed by atoms with Crippen molar-refractivity contribution in [1.29, 1.82) is 0 Å². The molecule has 1 rings (SSSR count). The van der Waals surface area contributed by atoms with Crippen molar-refractivity contribution in [2.45, 2.75) is 58.4 Å². The number of amides is 1. The minimum atomic E-state index is -1.01. The lowest BCUT2D eigenvalue weighted by atomic mass is 10.1. The normalized spacial score (nSPS) is 11.7.